The normalized spacial score (nSPS) is 10.2. The number of hydrogen-bond acceptors (Lipinski definition) is 1. The Morgan fingerprint density at radius 1 is 1.18 bits per heavy atom. The maximum absolute atomic E-state index is 5.43. The SMILES string of the molecule is C#Cc1cccc(-c2cccnc2C(C)C)c1. The van der Waals surface area contributed by atoms with E-state index in [1.54, 1.807) is 0 Å². The summed E-state index contributed by atoms with van der Waals surface area (Å²) in [5.74, 6) is 3.07. The van der Waals surface area contributed by atoms with Gasteiger partial charge in [0.2, 0.25) is 0 Å². The lowest BCUT2D eigenvalue weighted by Crippen LogP contribution is -1.96. The third kappa shape index (κ3) is 2.37. The van der Waals surface area contributed by atoms with Crippen LogP contribution in [0.1, 0.15) is 31.0 Å². The second kappa shape index (κ2) is 4.84. The van der Waals surface area contributed by atoms with E-state index in [4.69, 9.17) is 6.42 Å². The van der Waals surface area contributed by atoms with Crippen LogP contribution in [0.4, 0.5) is 0 Å². The van der Waals surface area contributed by atoms with Crippen LogP contribution in [-0.4, -0.2) is 4.98 Å². The standard InChI is InChI=1S/C16H15N/c1-4-13-7-5-8-14(11-13)15-9-6-10-17-16(15)12(2)3/h1,5-12H,2-3H3. The Hall–Kier alpha value is -2.07. The van der Waals surface area contributed by atoms with Crippen molar-refractivity contribution in [1.82, 2.24) is 4.98 Å². The highest BCUT2D eigenvalue weighted by atomic mass is 14.7. The fourth-order valence-electron chi connectivity index (χ4n) is 1.90. The number of nitrogens with zero attached hydrogens (tertiary/aromatic N) is 1. The molecule has 0 spiro atoms. The zero-order valence-electron chi connectivity index (χ0n) is 10.1. The molecule has 0 N–H and O–H groups in total. The Labute approximate surface area is 103 Å². The topological polar surface area (TPSA) is 12.9 Å². The van der Waals surface area contributed by atoms with E-state index in [0.29, 0.717) is 5.92 Å². The van der Waals surface area contributed by atoms with Gasteiger partial charge in [0, 0.05) is 17.3 Å². The van der Waals surface area contributed by atoms with Crippen molar-refractivity contribution in [2.45, 2.75) is 19.8 Å². The summed E-state index contributed by atoms with van der Waals surface area (Å²) in [6.07, 6.45) is 7.27. The molecule has 2 rings (SSSR count). The van der Waals surface area contributed by atoms with Gasteiger partial charge in [-0.1, -0.05) is 38.0 Å². The highest BCUT2D eigenvalue weighted by molar-refractivity contribution is 5.68. The first kappa shape index (κ1) is 11.4. The number of benzene rings is 1. The van der Waals surface area contributed by atoms with Gasteiger partial charge in [-0.05, 0) is 29.7 Å². The van der Waals surface area contributed by atoms with Crippen LogP contribution in [0.15, 0.2) is 42.6 Å². The average molecular weight is 221 g/mol. The van der Waals surface area contributed by atoms with Gasteiger partial charge in [-0.15, -0.1) is 6.42 Å². The Balaban J connectivity index is 2.57. The Bertz CT molecular complexity index is 562. The van der Waals surface area contributed by atoms with Gasteiger partial charge in [-0.3, -0.25) is 4.98 Å². The van der Waals surface area contributed by atoms with Crippen molar-refractivity contribution >= 4 is 0 Å². The summed E-state index contributed by atoms with van der Waals surface area (Å²) in [7, 11) is 0. The molecule has 0 atom stereocenters. The molecule has 0 radical (unpaired) electrons. The maximum Gasteiger partial charge on any atom is 0.0507 e. The van der Waals surface area contributed by atoms with Crippen molar-refractivity contribution in [1.29, 1.82) is 0 Å². The van der Waals surface area contributed by atoms with E-state index >= 15 is 0 Å². The van der Waals surface area contributed by atoms with Crippen molar-refractivity contribution in [2.75, 3.05) is 0 Å². The summed E-state index contributed by atoms with van der Waals surface area (Å²) in [6, 6.07) is 12.1. The first-order chi connectivity index (χ1) is 8.22. The molecule has 1 heterocycles. The summed E-state index contributed by atoms with van der Waals surface area (Å²) < 4.78 is 0. The molecular weight excluding hydrogens is 206 g/mol. The summed E-state index contributed by atoms with van der Waals surface area (Å²) in [5.41, 5.74) is 4.32. The molecule has 0 bridgehead atoms. The van der Waals surface area contributed by atoms with E-state index in [-0.39, 0.29) is 0 Å². The van der Waals surface area contributed by atoms with Crippen molar-refractivity contribution in [3.05, 3.63) is 53.9 Å². The molecule has 84 valence electrons. The van der Waals surface area contributed by atoms with Crippen LogP contribution in [0.2, 0.25) is 0 Å². The molecule has 1 heteroatoms. The molecule has 0 aliphatic heterocycles. The minimum Gasteiger partial charge on any atom is -0.260 e. The number of pyridine rings is 1. The molecule has 0 aliphatic rings. The number of aromatic nitrogens is 1. The molecule has 0 saturated heterocycles. The van der Waals surface area contributed by atoms with Crippen molar-refractivity contribution in [3.63, 3.8) is 0 Å². The Morgan fingerprint density at radius 2 is 2.00 bits per heavy atom. The smallest absolute Gasteiger partial charge is 0.0507 e. The molecule has 17 heavy (non-hydrogen) atoms. The van der Waals surface area contributed by atoms with E-state index < -0.39 is 0 Å². The van der Waals surface area contributed by atoms with Gasteiger partial charge < -0.3 is 0 Å². The number of hydrogen-bond donors (Lipinski definition) is 0. The van der Waals surface area contributed by atoms with E-state index in [0.717, 1.165) is 16.8 Å². The first-order valence-corrected chi connectivity index (χ1v) is 5.74. The molecule has 0 aliphatic carbocycles. The molecular formula is C16H15N. The third-order valence-corrected chi connectivity index (χ3v) is 2.73. The third-order valence-electron chi connectivity index (χ3n) is 2.73. The van der Waals surface area contributed by atoms with Gasteiger partial charge in [0.25, 0.3) is 0 Å². The van der Waals surface area contributed by atoms with Crippen molar-refractivity contribution < 1.29 is 0 Å². The second-order valence-electron chi connectivity index (χ2n) is 4.32. The lowest BCUT2D eigenvalue weighted by molar-refractivity contribution is 0.826. The zero-order chi connectivity index (χ0) is 12.3. The number of rotatable bonds is 2. The fourth-order valence-corrected chi connectivity index (χ4v) is 1.90. The van der Waals surface area contributed by atoms with Crippen molar-refractivity contribution in [3.8, 4) is 23.5 Å². The second-order valence-corrected chi connectivity index (χ2v) is 4.32. The highest BCUT2D eigenvalue weighted by Gasteiger charge is 2.09. The van der Waals surface area contributed by atoms with Crippen LogP contribution in [0.5, 0.6) is 0 Å². The van der Waals surface area contributed by atoms with E-state index in [2.05, 4.69) is 36.9 Å². The molecule has 1 nitrogen and oxygen atoms in total. The fraction of sp³-hybridized carbons (Fsp3) is 0.188. The van der Waals surface area contributed by atoms with Gasteiger partial charge in [0.15, 0.2) is 0 Å². The Morgan fingerprint density at radius 3 is 2.71 bits per heavy atom. The lowest BCUT2D eigenvalue weighted by Gasteiger charge is -2.11. The van der Waals surface area contributed by atoms with Crippen LogP contribution >= 0.6 is 0 Å². The largest absolute Gasteiger partial charge is 0.260 e. The van der Waals surface area contributed by atoms with Crippen LogP contribution in [0.25, 0.3) is 11.1 Å². The molecule has 0 saturated carbocycles. The van der Waals surface area contributed by atoms with Gasteiger partial charge in [-0.25, -0.2) is 0 Å². The van der Waals surface area contributed by atoms with Gasteiger partial charge >= 0.3 is 0 Å². The first-order valence-electron chi connectivity index (χ1n) is 5.74. The molecule has 0 amide bonds. The average Bonchev–Trinajstić information content (AvgIpc) is 2.39. The number of terminal acetylenes is 1. The van der Waals surface area contributed by atoms with Crippen LogP contribution in [-0.2, 0) is 0 Å². The van der Waals surface area contributed by atoms with Gasteiger partial charge in [-0.2, -0.15) is 0 Å². The van der Waals surface area contributed by atoms with Crippen LogP contribution < -0.4 is 0 Å². The maximum atomic E-state index is 5.43. The molecule has 0 unspecified atom stereocenters. The molecule has 0 fully saturated rings. The minimum absolute atomic E-state index is 0.403. The predicted octanol–water partition coefficient (Wildman–Crippen LogP) is 3.85. The lowest BCUT2D eigenvalue weighted by atomic mass is 9.97. The molecule has 1 aromatic heterocycles. The summed E-state index contributed by atoms with van der Waals surface area (Å²) >= 11 is 0. The zero-order valence-corrected chi connectivity index (χ0v) is 10.1. The summed E-state index contributed by atoms with van der Waals surface area (Å²) in [4.78, 5) is 4.46. The monoisotopic (exact) mass is 221 g/mol. The van der Waals surface area contributed by atoms with Gasteiger partial charge in [0.1, 0.15) is 0 Å². The molecule has 2 aromatic rings. The Kier molecular flexibility index (Phi) is 3.25. The van der Waals surface area contributed by atoms with Gasteiger partial charge in [0.05, 0.1) is 5.69 Å². The van der Waals surface area contributed by atoms with Crippen LogP contribution in [0.3, 0.4) is 0 Å². The highest BCUT2D eigenvalue weighted by Crippen LogP contribution is 2.27. The van der Waals surface area contributed by atoms with E-state index in [1.165, 1.54) is 5.56 Å². The summed E-state index contributed by atoms with van der Waals surface area (Å²) in [6.45, 7) is 4.30. The summed E-state index contributed by atoms with van der Waals surface area (Å²) in [5, 5.41) is 0. The van der Waals surface area contributed by atoms with E-state index in [9.17, 15) is 0 Å². The molecule has 1 aromatic carbocycles. The quantitative estimate of drug-likeness (QED) is 0.702. The van der Waals surface area contributed by atoms with Crippen LogP contribution in [0, 0.1) is 12.3 Å². The van der Waals surface area contributed by atoms with E-state index in [1.807, 2.05) is 30.5 Å². The van der Waals surface area contributed by atoms with Crippen molar-refractivity contribution in [2.24, 2.45) is 0 Å². The predicted molar refractivity (Wildman–Crippen MR) is 71.7 cm³/mol. The minimum atomic E-state index is 0.403.